The van der Waals surface area contributed by atoms with E-state index in [9.17, 15) is 4.79 Å². The molecule has 2 heterocycles. The molecule has 2 aromatic heterocycles. The summed E-state index contributed by atoms with van der Waals surface area (Å²) in [5.74, 6) is 1.60. The number of nitrogens with one attached hydrogen (secondary N) is 1. The Kier molecular flexibility index (Phi) is 7.87. The fourth-order valence-electron chi connectivity index (χ4n) is 3.60. The molecule has 0 spiro atoms. The second-order valence-electron chi connectivity index (χ2n) is 8.34. The number of aromatic nitrogens is 4. The van der Waals surface area contributed by atoms with Gasteiger partial charge < -0.3 is 14.6 Å². The van der Waals surface area contributed by atoms with Gasteiger partial charge in [-0.2, -0.15) is 0 Å². The highest BCUT2D eigenvalue weighted by molar-refractivity contribution is 7.99. The topological polar surface area (TPSA) is 81.9 Å². The average Bonchev–Trinajstić information content (AvgIpc) is 3.46. The van der Waals surface area contributed by atoms with Gasteiger partial charge >= 0.3 is 0 Å². The number of carbonyl (C=O) groups excluding carboxylic acids is 1. The Morgan fingerprint density at radius 2 is 1.97 bits per heavy atom. The van der Waals surface area contributed by atoms with Crippen LogP contribution in [0.2, 0.25) is 0 Å². The fourth-order valence-corrected chi connectivity index (χ4v) is 5.15. The maximum atomic E-state index is 12.6. The molecule has 0 saturated carbocycles. The standard InChI is InChI=1S/C26H29N5O2S2/c1-6-31-24(19(5)33-21-9-7-8-16(2)12-21)29-30-26(31)35-15-23(32)28-25-27-22(14-34-25)20-11-10-17(3)18(4)13-20/h7-14,19H,6,15H2,1-5H3,(H,27,28,32). The zero-order chi connectivity index (χ0) is 24.9. The molecule has 182 valence electrons. The van der Waals surface area contributed by atoms with E-state index in [1.165, 1.54) is 34.2 Å². The molecule has 0 fully saturated rings. The molecule has 0 aliphatic heterocycles. The van der Waals surface area contributed by atoms with E-state index in [1.54, 1.807) is 0 Å². The highest BCUT2D eigenvalue weighted by atomic mass is 32.2. The molecule has 1 N–H and O–H groups in total. The molecule has 0 bridgehead atoms. The van der Waals surface area contributed by atoms with Gasteiger partial charge in [-0.1, -0.05) is 36.0 Å². The molecular formula is C26H29N5O2S2. The SMILES string of the molecule is CCn1c(SCC(=O)Nc2nc(-c3ccc(C)c(C)c3)cs2)nnc1C(C)Oc1cccc(C)c1. The third kappa shape index (κ3) is 6.10. The number of hydrogen-bond donors (Lipinski definition) is 1. The van der Waals surface area contributed by atoms with Crippen molar-refractivity contribution in [1.82, 2.24) is 19.7 Å². The highest BCUT2D eigenvalue weighted by Crippen LogP contribution is 2.28. The van der Waals surface area contributed by atoms with Gasteiger partial charge in [-0.25, -0.2) is 4.98 Å². The molecule has 2 aromatic carbocycles. The van der Waals surface area contributed by atoms with Gasteiger partial charge in [-0.3, -0.25) is 4.79 Å². The van der Waals surface area contributed by atoms with Crippen molar-refractivity contribution in [1.29, 1.82) is 0 Å². The van der Waals surface area contributed by atoms with Crippen molar-refractivity contribution in [2.24, 2.45) is 0 Å². The van der Waals surface area contributed by atoms with Gasteiger partial charge in [0.05, 0.1) is 11.4 Å². The first kappa shape index (κ1) is 24.9. The normalized spacial score (nSPS) is 11.9. The molecular weight excluding hydrogens is 478 g/mol. The van der Waals surface area contributed by atoms with Crippen LogP contribution in [-0.2, 0) is 11.3 Å². The first-order valence-corrected chi connectivity index (χ1v) is 13.3. The summed E-state index contributed by atoms with van der Waals surface area (Å²) in [5, 5.41) is 14.8. The summed E-state index contributed by atoms with van der Waals surface area (Å²) in [5.41, 5.74) is 5.50. The van der Waals surface area contributed by atoms with Crippen LogP contribution in [0.5, 0.6) is 5.75 Å². The molecule has 4 aromatic rings. The largest absolute Gasteiger partial charge is 0.483 e. The maximum absolute atomic E-state index is 12.6. The van der Waals surface area contributed by atoms with E-state index in [2.05, 4.69) is 52.5 Å². The number of aryl methyl sites for hydroxylation is 3. The summed E-state index contributed by atoms with van der Waals surface area (Å²) < 4.78 is 8.06. The fraction of sp³-hybridized carbons (Fsp3) is 0.308. The van der Waals surface area contributed by atoms with E-state index >= 15 is 0 Å². The summed E-state index contributed by atoms with van der Waals surface area (Å²) >= 11 is 2.77. The molecule has 4 rings (SSSR count). The lowest BCUT2D eigenvalue weighted by atomic mass is 10.1. The van der Waals surface area contributed by atoms with Crippen LogP contribution in [0.15, 0.2) is 53.0 Å². The summed E-state index contributed by atoms with van der Waals surface area (Å²) in [6.45, 7) is 10.9. The second-order valence-corrected chi connectivity index (χ2v) is 10.1. The summed E-state index contributed by atoms with van der Waals surface area (Å²) in [6, 6.07) is 14.2. The number of anilines is 1. The van der Waals surface area contributed by atoms with Crippen molar-refractivity contribution < 1.29 is 9.53 Å². The molecule has 0 aliphatic carbocycles. The van der Waals surface area contributed by atoms with Crippen LogP contribution in [0.1, 0.15) is 42.5 Å². The number of amides is 1. The minimum atomic E-state index is -0.272. The zero-order valence-electron chi connectivity index (χ0n) is 20.5. The van der Waals surface area contributed by atoms with Gasteiger partial charge in [-0.05, 0) is 69.5 Å². The molecule has 1 atom stereocenters. The number of thioether (sulfide) groups is 1. The van der Waals surface area contributed by atoms with Crippen LogP contribution < -0.4 is 10.1 Å². The number of benzene rings is 2. The molecule has 1 amide bonds. The van der Waals surface area contributed by atoms with Gasteiger partial charge in [0.25, 0.3) is 0 Å². The summed E-state index contributed by atoms with van der Waals surface area (Å²) in [7, 11) is 0. The molecule has 0 saturated heterocycles. The average molecular weight is 508 g/mol. The number of nitrogens with zero attached hydrogens (tertiary/aromatic N) is 4. The summed E-state index contributed by atoms with van der Waals surface area (Å²) in [6.07, 6.45) is -0.272. The molecule has 0 aliphatic rings. The minimum absolute atomic E-state index is 0.132. The van der Waals surface area contributed by atoms with Gasteiger partial charge in [0.1, 0.15) is 5.75 Å². The van der Waals surface area contributed by atoms with Crippen LogP contribution in [0.4, 0.5) is 5.13 Å². The Morgan fingerprint density at radius 1 is 1.14 bits per heavy atom. The predicted octanol–water partition coefficient (Wildman–Crippen LogP) is 6.22. The van der Waals surface area contributed by atoms with E-state index in [0.29, 0.717) is 16.8 Å². The van der Waals surface area contributed by atoms with Crippen molar-refractivity contribution in [2.75, 3.05) is 11.1 Å². The van der Waals surface area contributed by atoms with E-state index in [0.717, 1.165) is 28.4 Å². The first-order chi connectivity index (χ1) is 16.8. The Balaban J connectivity index is 1.36. The zero-order valence-corrected chi connectivity index (χ0v) is 22.2. The Bertz CT molecular complexity index is 1330. The van der Waals surface area contributed by atoms with E-state index < -0.39 is 0 Å². The first-order valence-electron chi connectivity index (χ1n) is 11.5. The molecule has 9 heteroatoms. The van der Waals surface area contributed by atoms with Crippen LogP contribution in [0.3, 0.4) is 0 Å². The van der Waals surface area contributed by atoms with Gasteiger partial charge in [0.2, 0.25) is 5.91 Å². The molecule has 35 heavy (non-hydrogen) atoms. The number of rotatable bonds is 9. The third-order valence-electron chi connectivity index (χ3n) is 5.61. The number of ether oxygens (including phenoxy) is 1. The lowest BCUT2D eigenvalue weighted by Gasteiger charge is -2.15. The number of carbonyl (C=O) groups is 1. The third-order valence-corrected chi connectivity index (χ3v) is 7.34. The van der Waals surface area contributed by atoms with Gasteiger partial charge in [0, 0.05) is 17.5 Å². The lowest BCUT2D eigenvalue weighted by molar-refractivity contribution is -0.113. The Morgan fingerprint density at radius 3 is 2.71 bits per heavy atom. The van der Waals surface area contributed by atoms with Crippen LogP contribution in [-0.4, -0.2) is 31.4 Å². The minimum Gasteiger partial charge on any atom is -0.483 e. The van der Waals surface area contributed by atoms with E-state index in [1.807, 2.05) is 55.0 Å². The van der Waals surface area contributed by atoms with Crippen molar-refractivity contribution in [3.05, 3.63) is 70.4 Å². The van der Waals surface area contributed by atoms with Crippen molar-refractivity contribution in [2.45, 2.75) is 52.4 Å². The second kappa shape index (κ2) is 11.0. The Hall–Kier alpha value is -3.17. The van der Waals surface area contributed by atoms with Gasteiger partial charge in [-0.15, -0.1) is 21.5 Å². The summed E-state index contributed by atoms with van der Waals surface area (Å²) in [4.78, 5) is 17.2. The number of thiazole rings is 1. The molecule has 7 nitrogen and oxygen atoms in total. The lowest BCUT2D eigenvalue weighted by Crippen LogP contribution is -2.15. The molecule has 1 unspecified atom stereocenters. The smallest absolute Gasteiger partial charge is 0.236 e. The van der Waals surface area contributed by atoms with Crippen molar-refractivity contribution in [3.8, 4) is 17.0 Å². The maximum Gasteiger partial charge on any atom is 0.236 e. The van der Waals surface area contributed by atoms with Crippen LogP contribution in [0, 0.1) is 20.8 Å². The Labute approximate surface area is 214 Å². The monoisotopic (exact) mass is 507 g/mol. The predicted molar refractivity (Wildman–Crippen MR) is 142 cm³/mol. The van der Waals surface area contributed by atoms with Crippen LogP contribution in [0.25, 0.3) is 11.3 Å². The number of hydrogen-bond acceptors (Lipinski definition) is 7. The van der Waals surface area contributed by atoms with Gasteiger partial charge in [0.15, 0.2) is 22.2 Å². The van der Waals surface area contributed by atoms with Crippen molar-refractivity contribution in [3.63, 3.8) is 0 Å². The highest BCUT2D eigenvalue weighted by Gasteiger charge is 2.20. The van der Waals surface area contributed by atoms with Crippen molar-refractivity contribution >= 4 is 34.1 Å². The van der Waals surface area contributed by atoms with E-state index in [-0.39, 0.29) is 17.8 Å². The molecule has 0 radical (unpaired) electrons. The van der Waals surface area contributed by atoms with E-state index in [4.69, 9.17) is 4.74 Å². The quantitative estimate of drug-likeness (QED) is 0.271. The van der Waals surface area contributed by atoms with Crippen LogP contribution >= 0.6 is 23.1 Å².